The first-order valence-electron chi connectivity index (χ1n) is 8.47. The second-order valence-electron chi connectivity index (χ2n) is 6.37. The van der Waals surface area contributed by atoms with E-state index in [1.165, 1.54) is 0 Å². The summed E-state index contributed by atoms with van der Waals surface area (Å²) in [5.74, 6) is 0.910. The number of H-pyrrole nitrogens is 1. The van der Waals surface area contributed by atoms with Gasteiger partial charge in [0.1, 0.15) is 17.1 Å². The number of benzene rings is 1. The molecule has 1 N–H and O–H groups in total. The molecule has 0 aliphatic heterocycles. The van der Waals surface area contributed by atoms with Gasteiger partial charge in [-0.15, -0.1) is 0 Å². The first-order chi connectivity index (χ1) is 13.0. The molecule has 27 heavy (non-hydrogen) atoms. The van der Waals surface area contributed by atoms with Gasteiger partial charge < -0.3 is 9.72 Å². The fraction of sp³-hybridized carbons (Fsp3) is 0.200. The molecule has 0 saturated heterocycles. The van der Waals surface area contributed by atoms with Gasteiger partial charge in [0.05, 0.1) is 24.7 Å². The molecule has 0 saturated carbocycles. The van der Waals surface area contributed by atoms with Crippen molar-refractivity contribution in [1.82, 2.24) is 24.9 Å². The molecule has 0 unspecified atom stereocenters. The fourth-order valence-corrected chi connectivity index (χ4v) is 3.21. The third-order valence-corrected chi connectivity index (χ3v) is 4.61. The lowest BCUT2D eigenvalue weighted by atomic mass is 9.99. The first-order valence-corrected chi connectivity index (χ1v) is 8.47. The van der Waals surface area contributed by atoms with E-state index >= 15 is 4.39 Å². The fourth-order valence-electron chi connectivity index (χ4n) is 3.21. The molecule has 7 heteroatoms. The zero-order valence-electron chi connectivity index (χ0n) is 15.5. The van der Waals surface area contributed by atoms with Crippen LogP contribution in [0.5, 0.6) is 5.75 Å². The SMILES string of the molecule is COc1ccc(C)c(-c2cnc3[nH]c(-c4cnc(C)nc4)c(F)c3n2)c1C. The van der Waals surface area contributed by atoms with E-state index in [0.717, 1.165) is 22.4 Å². The molecule has 4 rings (SSSR count). The number of methoxy groups -OCH3 is 1. The number of aromatic amines is 1. The van der Waals surface area contributed by atoms with Crippen molar-refractivity contribution in [2.75, 3.05) is 7.11 Å². The van der Waals surface area contributed by atoms with E-state index in [1.807, 2.05) is 26.0 Å². The predicted molar refractivity (Wildman–Crippen MR) is 101 cm³/mol. The standard InChI is InChI=1S/C20H18FN5O/c1-10-5-6-15(27-4)11(2)16(10)14-9-24-20-19(25-14)17(21)18(26-20)13-7-22-12(3)23-8-13/h5-9H,1-4H3,(H,24,26). The van der Waals surface area contributed by atoms with Gasteiger partial charge in [-0.3, -0.25) is 0 Å². The molecule has 6 nitrogen and oxygen atoms in total. The highest BCUT2D eigenvalue weighted by Crippen LogP contribution is 2.33. The number of aromatic nitrogens is 5. The molecule has 4 aromatic rings. The largest absolute Gasteiger partial charge is 0.496 e. The molecule has 0 aliphatic rings. The third kappa shape index (κ3) is 2.81. The van der Waals surface area contributed by atoms with Crippen LogP contribution < -0.4 is 4.74 Å². The Balaban J connectivity index is 1.89. The Kier molecular flexibility index (Phi) is 4.07. The van der Waals surface area contributed by atoms with Crippen LogP contribution >= 0.6 is 0 Å². The van der Waals surface area contributed by atoms with Crippen LogP contribution in [-0.4, -0.2) is 32.0 Å². The Morgan fingerprint density at radius 3 is 2.44 bits per heavy atom. The van der Waals surface area contributed by atoms with Crippen LogP contribution in [0.3, 0.4) is 0 Å². The average molecular weight is 363 g/mol. The van der Waals surface area contributed by atoms with E-state index in [0.29, 0.717) is 22.7 Å². The van der Waals surface area contributed by atoms with Crippen molar-refractivity contribution in [3.05, 3.63) is 53.5 Å². The van der Waals surface area contributed by atoms with Crippen LogP contribution in [0, 0.1) is 26.6 Å². The number of hydrogen-bond donors (Lipinski definition) is 1. The summed E-state index contributed by atoms with van der Waals surface area (Å²) in [7, 11) is 1.62. The lowest BCUT2D eigenvalue weighted by molar-refractivity contribution is 0.412. The van der Waals surface area contributed by atoms with Crippen molar-refractivity contribution < 1.29 is 9.13 Å². The van der Waals surface area contributed by atoms with Gasteiger partial charge in [-0.1, -0.05) is 6.07 Å². The van der Waals surface area contributed by atoms with Gasteiger partial charge >= 0.3 is 0 Å². The number of rotatable bonds is 3. The van der Waals surface area contributed by atoms with Gasteiger partial charge in [-0.2, -0.15) is 0 Å². The van der Waals surface area contributed by atoms with E-state index in [4.69, 9.17) is 4.74 Å². The van der Waals surface area contributed by atoms with E-state index in [2.05, 4.69) is 24.9 Å². The Labute approximate surface area is 155 Å². The normalized spacial score (nSPS) is 11.1. The second kappa shape index (κ2) is 6.42. The Hall–Kier alpha value is -3.35. The molecule has 0 amide bonds. The zero-order valence-corrected chi connectivity index (χ0v) is 15.5. The van der Waals surface area contributed by atoms with Gasteiger partial charge in [0, 0.05) is 29.1 Å². The summed E-state index contributed by atoms with van der Waals surface area (Å²) in [6.07, 6.45) is 4.79. The highest BCUT2D eigenvalue weighted by atomic mass is 19.1. The molecule has 1 aromatic carbocycles. The maximum Gasteiger partial charge on any atom is 0.176 e. The minimum atomic E-state index is -0.468. The van der Waals surface area contributed by atoms with Crippen molar-refractivity contribution in [3.8, 4) is 28.3 Å². The van der Waals surface area contributed by atoms with Crippen molar-refractivity contribution >= 4 is 11.2 Å². The monoisotopic (exact) mass is 363 g/mol. The van der Waals surface area contributed by atoms with Crippen LogP contribution in [-0.2, 0) is 0 Å². The van der Waals surface area contributed by atoms with Crippen molar-refractivity contribution in [2.45, 2.75) is 20.8 Å². The van der Waals surface area contributed by atoms with Gasteiger partial charge in [0.2, 0.25) is 0 Å². The molecule has 0 radical (unpaired) electrons. The molecule has 3 aromatic heterocycles. The minimum Gasteiger partial charge on any atom is -0.496 e. The molecule has 0 spiro atoms. The molecule has 3 heterocycles. The number of fused-ring (bicyclic) bond motifs is 1. The van der Waals surface area contributed by atoms with E-state index in [-0.39, 0.29) is 11.2 Å². The quantitative estimate of drug-likeness (QED) is 0.592. The topological polar surface area (TPSA) is 76.6 Å². The summed E-state index contributed by atoms with van der Waals surface area (Å²) in [6, 6.07) is 3.86. The van der Waals surface area contributed by atoms with Crippen molar-refractivity contribution in [2.24, 2.45) is 0 Å². The number of ether oxygens (including phenoxy) is 1. The molecule has 0 aliphatic carbocycles. The molecular formula is C20H18FN5O. The molecular weight excluding hydrogens is 345 g/mol. The highest BCUT2D eigenvalue weighted by Gasteiger charge is 2.19. The van der Waals surface area contributed by atoms with Crippen LogP contribution in [0.15, 0.2) is 30.7 Å². The van der Waals surface area contributed by atoms with Crippen molar-refractivity contribution in [1.29, 1.82) is 0 Å². The summed E-state index contributed by atoms with van der Waals surface area (Å²) >= 11 is 0. The van der Waals surface area contributed by atoms with Gasteiger partial charge in [0.25, 0.3) is 0 Å². The van der Waals surface area contributed by atoms with Crippen LogP contribution in [0.4, 0.5) is 4.39 Å². The van der Waals surface area contributed by atoms with Crippen LogP contribution in [0.25, 0.3) is 33.7 Å². The van der Waals surface area contributed by atoms with E-state index in [1.54, 1.807) is 32.6 Å². The number of hydrogen-bond acceptors (Lipinski definition) is 5. The first kappa shape index (κ1) is 17.1. The van der Waals surface area contributed by atoms with Gasteiger partial charge in [-0.05, 0) is 32.4 Å². The number of nitrogens with zero attached hydrogens (tertiary/aromatic N) is 4. The van der Waals surface area contributed by atoms with E-state index in [9.17, 15) is 0 Å². The van der Waals surface area contributed by atoms with E-state index < -0.39 is 5.82 Å². The summed E-state index contributed by atoms with van der Waals surface area (Å²) in [6.45, 7) is 5.71. The Morgan fingerprint density at radius 2 is 1.74 bits per heavy atom. The summed E-state index contributed by atoms with van der Waals surface area (Å²) < 4.78 is 20.4. The third-order valence-electron chi connectivity index (χ3n) is 4.61. The van der Waals surface area contributed by atoms with Crippen LogP contribution in [0.1, 0.15) is 17.0 Å². The molecule has 136 valence electrons. The molecule has 0 fully saturated rings. The Morgan fingerprint density at radius 1 is 1.00 bits per heavy atom. The summed E-state index contributed by atoms with van der Waals surface area (Å²) in [5.41, 5.74) is 4.84. The van der Waals surface area contributed by atoms with Gasteiger partial charge in [0.15, 0.2) is 11.5 Å². The highest BCUT2D eigenvalue weighted by molar-refractivity contribution is 5.83. The summed E-state index contributed by atoms with van der Waals surface area (Å²) in [5, 5.41) is 0. The van der Waals surface area contributed by atoms with Crippen LogP contribution in [0.2, 0.25) is 0 Å². The number of aryl methyl sites for hydroxylation is 2. The van der Waals surface area contributed by atoms with Gasteiger partial charge in [-0.25, -0.2) is 24.3 Å². The second-order valence-corrected chi connectivity index (χ2v) is 6.37. The smallest absolute Gasteiger partial charge is 0.176 e. The summed E-state index contributed by atoms with van der Waals surface area (Å²) in [4.78, 5) is 20.1. The molecule has 0 atom stereocenters. The zero-order chi connectivity index (χ0) is 19.1. The Bertz CT molecular complexity index is 1150. The lowest BCUT2D eigenvalue weighted by Gasteiger charge is -2.12. The maximum atomic E-state index is 15.0. The number of halogens is 1. The minimum absolute atomic E-state index is 0.185. The maximum absolute atomic E-state index is 15.0. The lowest BCUT2D eigenvalue weighted by Crippen LogP contribution is -1.96. The molecule has 0 bridgehead atoms. The predicted octanol–water partition coefficient (Wildman–Crippen LogP) is 4.15. The average Bonchev–Trinajstić information content (AvgIpc) is 2.99. The van der Waals surface area contributed by atoms with Crippen molar-refractivity contribution in [3.63, 3.8) is 0 Å². The number of nitrogens with one attached hydrogen (secondary N) is 1.